The molecule has 124 valence electrons. The number of fused-ring (bicyclic) bond motifs is 1. The van der Waals surface area contributed by atoms with Crippen LogP contribution in [0.5, 0.6) is 0 Å². The van der Waals surface area contributed by atoms with Crippen LogP contribution >= 0.6 is 0 Å². The number of aromatic nitrogens is 3. The van der Waals surface area contributed by atoms with Crippen molar-refractivity contribution in [3.8, 4) is 16.9 Å². The maximum absolute atomic E-state index is 11.7. The molecule has 25 heavy (non-hydrogen) atoms. The molecule has 4 rings (SSSR count). The fourth-order valence-electron chi connectivity index (χ4n) is 2.93. The normalized spacial score (nSPS) is 11.7. The fraction of sp³-hybridized carbons (Fsp3) is 0.0526. The van der Waals surface area contributed by atoms with E-state index in [2.05, 4.69) is 20.6 Å². The second-order valence-corrected chi connectivity index (χ2v) is 7.83. The van der Waals surface area contributed by atoms with Gasteiger partial charge in [-0.1, -0.05) is 30.3 Å². The lowest BCUT2D eigenvalue weighted by Gasteiger charge is -2.10. The monoisotopic (exact) mass is 349 g/mol. The molecular weight excluding hydrogens is 334 g/mol. The number of para-hydroxylation sites is 1. The third-order valence-electron chi connectivity index (χ3n) is 4.09. The Morgan fingerprint density at radius 2 is 1.60 bits per heavy atom. The summed E-state index contributed by atoms with van der Waals surface area (Å²) in [5, 5.41) is 1.09. The first kappa shape index (κ1) is 15.5. The van der Waals surface area contributed by atoms with Gasteiger partial charge in [-0.25, -0.2) is 18.4 Å². The summed E-state index contributed by atoms with van der Waals surface area (Å²) >= 11 is 0. The van der Waals surface area contributed by atoms with Crippen LogP contribution in [0, 0.1) is 0 Å². The molecule has 0 N–H and O–H groups in total. The molecule has 0 atom stereocenters. The molecule has 0 saturated heterocycles. The Balaban J connectivity index is 1.96. The SMILES string of the molecule is CS(=O)(=O)c1ccc(-c2cc3ccccc3n2-c2cncnc2)cc1. The summed E-state index contributed by atoms with van der Waals surface area (Å²) in [4.78, 5) is 8.54. The summed E-state index contributed by atoms with van der Waals surface area (Å²) < 4.78 is 25.5. The van der Waals surface area contributed by atoms with E-state index in [0.29, 0.717) is 4.90 Å². The molecule has 0 saturated carbocycles. The second-order valence-electron chi connectivity index (χ2n) is 5.82. The van der Waals surface area contributed by atoms with Crippen molar-refractivity contribution in [1.29, 1.82) is 0 Å². The number of rotatable bonds is 3. The zero-order valence-corrected chi connectivity index (χ0v) is 14.3. The summed E-state index contributed by atoms with van der Waals surface area (Å²) in [5.41, 5.74) is 3.77. The van der Waals surface area contributed by atoms with E-state index in [9.17, 15) is 8.42 Å². The first-order valence-corrected chi connectivity index (χ1v) is 9.59. The van der Waals surface area contributed by atoms with E-state index < -0.39 is 9.84 Å². The lowest BCUT2D eigenvalue weighted by Crippen LogP contribution is -1.99. The van der Waals surface area contributed by atoms with Crippen LogP contribution in [0.1, 0.15) is 0 Å². The van der Waals surface area contributed by atoms with Gasteiger partial charge in [0, 0.05) is 11.6 Å². The quantitative estimate of drug-likeness (QED) is 0.568. The summed E-state index contributed by atoms with van der Waals surface area (Å²) in [6, 6.07) is 17.1. The molecule has 0 amide bonds. The van der Waals surface area contributed by atoms with Crippen molar-refractivity contribution in [2.24, 2.45) is 0 Å². The van der Waals surface area contributed by atoms with E-state index in [4.69, 9.17) is 0 Å². The van der Waals surface area contributed by atoms with Crippen molar-refractivity contribution < 1.29 is 8.42 Å². The van der Waals surface area contributed by atoms with Crippen molar-refractivity contribution in [3.63, 3.8) is 0 Å². The predicted molar refractivity (Wildman–Crippen MR) is 97.4 cm³/mol. The van der Waals surface area contributed by atoms with E-state index >= 15 is 0 Å². The summed E-state index contributed by atoms with van der Waals surface area (Å²) in [6.45, 7) is 0. The number of hydrogen-bond donors (Lipinski definition) is 0. The average molecular weight is 349 g/mol. The molecule has 0 spiro atoms. The minimum Gasteiger partial charge on any atom is -0.306 e. The van der Waals surface area contributed by atoms with Crippen molar-refractivity contribution in [2.45, 2.75) is 4.90 Å². The topological polar surface area (TPSA) is 64.8 Å². The van der Waals surface area contributed by atoms with Crippen molar-refractivity contribution in [2.75, 3.05) is 6.26 Å². The highest BCUT2D eigenvalue weighted by molar-refractivity contribution is 7.90. The van der Waals surface area contributed by atoms with Crippen LogP contribution in [-0.4, -0.2) is 29.2 Å². The molecule has 0 fully saturated rings. The van der Waals surface area contributed by atoms with Gasteiger partial charge in [-0.3, -0.25) is 0 Å². The van der Waals surface area contributed by atoms with E-state index in [1.807, 2.05) is 36.4 Å². The van der Waals surface area contributed by atoms with Crippen molar-refractivity contribution in [1.82, 2.24) is 14.5 Å². The molecule has 0 radical (unpaired) electrons. The van der Waals surface area contributed by atoms with Gasteiger partial charge in [-0.05, 0) is 29.8 Å². The maximum Gasteiger partial charge on any atom is 0.175 e. The molecule has 4 aromatic rings. The van der Waals surface area contributed by atoms with Gasteiger partial charge < -0.3 is 4.57 Å². The van der Waals surface area contributed by atoms with Crippen LogP contribution in [0.4, 0.5) is 0 Å². The third-order valence-corrected chi connectivity index (χ3v) is 5.22. The zero-order chi connectivity index (χ0) is 17.4. The number of benzene rings is 2. The van der Waals surface area contributed by atoms with Crippen LogP contribution in [0.15, 0.2) is 78.2 Å². The Kier molecular flexibility index (Phi) is 3.62. The van der Waals surface area contributed by atoms with E-state index in [1.54, 1.807) is 24.5 Å². The zero-order valence-electron chi connectivity index (χ0n) is 13.5. The Morgan fingerprint density at radius 3 is 2.28 bits per heavy atom. The van der Waals surface area contributed by atoms with Gasteiger partial charge in [0.1, 0.15) is 6.33 Å². The first-order valence-electron chi connectivity index (χ1n) is 7.70. The van der Waals surface area contributed by atoms with E-state index in [-0.39, 0.29) is 0 Å². The van der Waals surface area contributed by atoms with Gasteiger partial charge in [-0.2, -0.15) is 0 Å². The average Bonchev–Trinajstić information content (AvgIpc) is 3.01. The minimum absolute atomic E-state index is 0.307. The first-order chi connectivity index (χ1) is 12.0. The number of nitrogens with zero attached hydrogens (tertiary/aromatic N) is 3. The molecule has 0 bridgehead atoms. The third kappa shape index (κ3) is 2.81. The molecule has 5 nitrogen and oxygen atoms in total. The number of sulfone groups is 1. The van der Waals surface area contributed by atoms with Gasteiger partial charge in [0.2, 0.25) is 0 Å². The maximum atomic E-state index is 11.7. The van der Waals surface area contributed by atoms with E-state index in [0.717, 1.165) is 27.8 Å². The molecule has 2 aromatic carbocycles. The smallest absolute Gasteiger partial charge is 0.175 e. The van der Waals surface area contributed by atoms with Crippen LogP contribution < -0.4 is 0 Å². The Hall–Kier alpha value is -2.99. The predicted octanol–water partition coefficient (Wildman–Crippen LogP) is 3.49. The van der Waals surface area contributed by atoms with Gasteiger partial charge >= 0.3 is 0 Å². The lowest BCUT2D eigenvalue weighted by atomic mass is 10.1. The summed E-state index contributed by atoms with van der Waals surface area (Å²) in [7, 11) is -3.22. The molecular formula is C19H15N3O2S. The number of hydrogen-bond acceptors (Lipinski definition) is 4. The molecule has 2 heterocycles. The molecule has 0 aliphatic rings. The van der Waals surface area contributed by atoms with Crippen LogP contribution in [0.2, 0.25) is 0 Å². The molecule has 2 aromatic heterocycles. The Morgan fingerprint density at radius 1 is 0.920 bits per heavy atom. The van der Waals surface area contributed by atoms with Gasteiger partial charge in [0.15, 0.2) is 9.84 Å². The summed E-state index contributed by atoms with van der Waals surface area (Å²) in [6.07, 6.45) is 6.22. The van der Waals surface area contributed by atoms with Crippen molar-refractivity contribution in [3.05, 3.63) is 73.3 Å². The minimum atomic E-state index is -3.22. The highest BCUT2D eigenvalue weighted by atomic mass is 32.2. The lowest BCUT2D eigenvalue weighted by molar-refractivity contribution is 0.602. The van der Waals surface area contributed by atoms with E-state index in [1.165, 1.54) is 12.6 Å². The van der Waals surface area contributed by atoms with Crippen molar-refractivity contribution >= 4 is 20.7 Å². The summed E-state index contributed by atoms with van der Waals surface area (Å²) in [5.74, 6) is 0. The standard InChI is InChI=1S/C19H15N3O2S/c1-25(23,24)17-8-6-14(7-9-17)19-10-15-4-2-3-5-18(15)22(19)16-11-20-13-21-12-16/h2-13H,1H3. The van der Waals surface area contributed by atoms with Crippen LogP contribution in [0.25, 0.3) is 27.8 Å². The molecule has 6 heteroatoms. The highest BCUT2D eigenvalue weighted by Gasteiger charge is 2.14. The van der Waals surface area contributed by atoms with Crippen LogP contribution in [-0.2, 0) is 9.84 Å². The highest BCUT2D eigenvalue weighted by Crippen LogP contribution is 2.31. The van der Waals surface area contributed by atoms with Gasteiger partial charge in [0.25, 0.3) is 0 Å². The van der Waals surface area contributed by atoms with Crippen LogP contribution in [0.3, 0.4) is 0 Å². The fourth-order valence-corrected chi connectivity index (χ4v) is 3.56. The largest absolute Gasteiger partial charge is 0.306 e. The molecule has 0 aliphatic carbocycles. The Labute approximate surface area is 145 Å². The molecule has 0 aliphatic heterocycles. The Bertz CT molecular complexity index is 1150. The van der Waals surface area contributed by atoms with Gasteiger partial charge in [-0.15, -0.1) is 0 Å². The second kappa shape index (κ2) is 5.82. The molecule has 0 unspecified atom stereocenters. The van der Waals surface area contributed by atoms with Gasteiger partial charge in [0.05, 0.1) is 34.2 Å².